The molecule has 5 nitrogen and oxygen atoms in total. The second-order valence-corrected chi connectivity index (χ2v) is 8.82. The lowest BCUT2D eigenvalue weighted by Crippen LogP contribution is -2.55. The molecule has 0 radical (unpaired) electrons. The van der Waals surface area contributed by atoms with Crippen LogP contribution < -0.4 is 4.74 Å². The molecule has 0 fully saturated rings. The molecule has 1 aromatic carbocycles. The molecule has 0 saturated heterocycles. The first-order chi connectivity index (χ1) is 15.6. The molecule has 0 spiro atoms. The molecule has 1 aliphatic heterocycles. The summed E-state index contributed by atoms with van der Waals surface area (Å²) >= 11 is 0. The first kappa shape index (κ1) is 21.5. The van der Waals surface area contributed by atoms with Gasteiger partial charge >= 0.3 is 6.18 Å². The quantitative estimate of drug-likeness (QED) is 0.421. The van der Waals surface area contributed by atoms with E-state index in [1.807, 2.05) is 18.2 Å². The third-order valence-electron chi connectivity index (χ3n) is 6.47. The van der Waals surface area contributed by atoms with Gasteiger partial charge in [-0.25, -0.2) is 0 Å². The maximum atomic E-state index is 14.2. The van der Waals surface area contributed by atoms with Gasteiger partial charge in [-0.15, -0.1) is 0 Å². The van der Waals surface area contributed by atoms with E-state index < -0.39 is 30.2 Å². The van der Waals surface area contributed by atoms with E-state index in [-0.39, 0.29) is 0 Å². The van der Waals surface area contributed by atoms with Gasteiger partial charge in [-0.3, -0.25) is 9.97 Å². The summed E-state index contributed by atoms with van der Waals surface area (Å²) in [5.41, 5.74) is -0.369. The number of hydrogen-bond acceptors (Lipinski definition) is 4. The predicted molar refractivity (Wildman–Crippen MR) is 118 cm³/mol. The Bertz CT molecular complexity index is 1340. The summed E-state index contributed by atoms with van der Waals surface area (Å²) in [5.74, 6) is 0.516. The van der Waals surface area contributed by atoms with Gasteiger partial charge in [-0.2, -0.15) is 13.2 Å². The standard InChI is InChI=1S/C25H22F3N3O2/c1-15-18-7-9-30-13-21(18)31-20(15)11-24(32,25(26,27)28)14-23(2)19-10-16(5-6-22(19)33-23)17-4-3-8-29-12-17/h3-10,12-13,31-32H,11,14H2,1-2H3. The minimum absolute atomic E-state index is 0.324. The molecule has 3 aromatic heterocycles. The maximum Gasteiger partial charge on any atom is 0.417 e. The second kappa shape index (κ2) is 7.31. The Morgan fingerprint density at radius 3 is 2.55 bits per heavy atom. The maximum absolute atomic E-state index is 14.2. The number of hydrogen-bond donors (Lipinski definition) is 2. The number of aliphatic hydroxyl groups is 1. The van der Waals surface area contributed by atoms with E-state index in [9.17, 15) is 18.3 Å². The monoisotopic (exact) mass is 453 g/mol. The van der Waals surface area contributed by atoms with Crippen molar-refractivity contribution in [2.24, 2.45) is 0 Å². The van der Waals surface area contributed by atoms with Crippen LogP contribution in [-0.4, -0.2) is 31.8 Å². The Morgan fingerprint density at radius 1 is 1.06 bits per heavy atom. The molecule has 4 aromatic rings. The van der Waals surface area contributed by atoms with E-state index in [1.165, 1.54) is 0 Å². The van der Waals surface area contributed by atoms with Gasteiger partial charge in [0, 0.05) is 53.6 Å². The first-order valence-electron chi connectivity index (χ1n) is 10.5. The van der Waals surface area contributed by atoms with Crippen molar-refractivity contribution < 1.29 is 23.0 Å². The number of aryl methyl sites for hydroxylation is 1. The fourth-order valence-electron chi connectivity index (χ4n) is 4.66. The molecule has 5 rings (SSSR count). The summed E-state index contributed by atoms with van der Waals surface area (Å²) in [7, 11) is 0. The number of aromatic nitrogens is 3. The van der Waals surface area contributed by atoms with Crippen LogP contribution in [0.5, 0.6) is 5.75 Å². The van der Waals surface area contributed by atoms with Crippen LogP contribution in [0.25, 0.3) is 22.0 Å². The van der Waals surface area contributed by atoms with Crippen molar-refractivity contribution >= 4 is 10.9 Å². The molecule has 1 aliphatic rings. The van der Waals surface area contributed by atoms with Gasteiger partial charge in [-0.05, 0) is 49.2 Å². The molecule has 33 heavy (non-hydrogen) atoms. The molecule has 0 bridgehead atoms. The molecule has 8 heteroatoms. The number of ether oxygens (including phenoxy) is 1. The summed E-state index contributed by atoms with van der Waals surface area (Å²) in [4.78, 5) is 11.1. The van der Waals surface area contributed by atoms with Crippen molar-refractivity contribution in [2.45, 2.75) is 44.1 Å². The molecule has 2 atom stereocenters. The van der Waals surface area contributed by atoms with E-state index in [1.54, 1.807) is 56.8 Å². The van der Waals surface area contributed by atoms with Crippen molar-refractivity contribution in [3.63, 3.8) is 0 Å². The van der Waals surface area contributed by atoms with Gasteiger partial charge in [-0.1, -0.05) is 12.1 Å². The highest BCUT2D eigenvalue weighted by molar-refractivity contribution is 5.83. The summed E-state index contributed by atoms with van der Waals surface area (Å²) in [6.45, 7) is 3.32. The number of H-pyrrole nitrogens is 1. The summed E-state index contributed by atoms with van der Waals surface area (Å²) in [6.07, 6.45) is 0.376. The van der Waals surface area contributed by atoms with Crippen LogP contribution in [-0.2, 0) is 12.0 Å². The van der Waals surface area contributed by atoms with Crippen molar-refractivity contribution in [3.05, 3.63) is 78.0 Å². The van der Waals surface area contributed by atoms with Crippen molar-refractivity contribution in [3.8, 4) is 16.9 Å². The number of rotatable bonds is 5. The van der Waals surface area contributed by atoms with E-state index in [0.29, 0.717) is 28.1 Å². The van der Waals surface area contributed by atoms with E-state index in [0.717, 1.165) is 16.5 Å². The minimum atomic E-state index is -4.86. The summed E-state index contributed by atoms with van der Waals surface area (Å²) < 4.78 is 48.5. The number of benzene rings is 1. The van der Waals surface area contributed by atoms with Gasteiger partial charge in [0.1, 0.15) is 11.4 Å². The Hall–Kier alpha value is -3.39. The highest BCUT2D eigenvalue weighted by Crippen LogP contribution is 2.52. The van der Waals surface area contributed by atoms with E-state index in [4.69, 9.17) is 4.74 Å². The van der Waals surface area contributed by atoms with Crippen LogP contribution in [0.1, 0.15) is 30.2 Å². The van der Waals surface area contributed by atoms with Crippen LogP contribution in [0, 0.1) is 6.92 Å². The number of nitrogens with one attached hydrogen (secondary N) is 1. The molecule has 2 N–H and O–H groups in total. The topological polar surface area (TPSA) is 71.0 Å². The Kier molecular flexibility index (Phi) is 4.75. The number of alkyl halides is 3. The zero-order chi connectivity index (χ0) is 23.4. The average Bonchev–Trinajstić information content (AvgIpc) is 3.08. The van der Waals surface area contributed by atoms with Gasteiger partial charge in [0.2, 0.25) is 0 Å². The minimum Gasteiger partial charge on any atom is -0.482 e. The summed E-state index contributed by atoms with van der Waals surface area (Å²) in [6, 6.07) is 10.8. The van der Waals surface area contributed by atoms with Crippen LogP contribution in [0.2, 0.25) is 0 Å². The van der Waals surface area contributed by atoms with Gasteiger partial charge in [0.15, 0.2) is 5.60 Å². The van der Waals surface area contributed by atoms with Crippen LogP contribution in [0.15, 0.2) is 61.2 Å². The lowest BCUT2D eigenvalue weighted by Gasteiger charge is -2.46. The Balaban J connectivity index is 1.49. The van der Waals surface area contributed by atoms with Gasteiger partial charge in [0.05, 0.1) is 11.7 Å². The fourth-order valence-corrected chi connectivity index (χ4v) is 4.66. The Labute approximate surface area is 188 Å². The molecular weight excluding hydrogens is 431 g/mol. The molecule has 0 aliphatic carbocycles. The van der Waals surface area contributed by atoms with Crippen LogP contribution >= 0.6 is 0 Å². The normalized spacial score (nSPS) is 19.5. The number of halogens is 3. The Morgan fingerprint density at radius 2 is 1.85 bits per heavy atom. The van der Waals surface area contributed by atoms with Gasteiger partial charge < -0.3 is 14.8 Å². The van der Waals surface area contributed by atoms with E-state index >= 15 is 0 Å². The molecule has 0 saturated carbocycles. The van der Waals surface area contributed by atoms with Crippen molar-refractivity contribution in [1.82, 2.24) is 15.0 Å². The fraction of sp³-hybridized carbons (Fsp3) is 0.280. The number of nitrogens with zero attached hydrogens (tertiary/aromatic N) is 2. The zero-order valence-corrected chi connectivity index (χ0v) is 18.1. The lowest BCUT2D eigenvalue weighted by molar-refractivity contribution is -0.276. The number of aromatic amines is 1. The molecule has 2 unspecified atom stereocenters. The SMILES string of the molecule is Cc1c(CC(O)(CC2(C)Oc3ccc(-c4cccnc4)cc32)C(F)(F)F)[nH]c2cnccc12. The average molecular weight is 453 g/mol. The largest absolute Gasteiger partial charge is 0.482 e. The molecule has 4 heterocycles. The third kappa shape index (κ3) is 3.54. The van der Waals surface area contributed by atoms with Crippen molar-refractivity contribution in [1.29, 1.82) is 0 Å². The smallest absolute Gasteiger partial charge is 0.417 e. The summed E-state index contributed by atoms with van der Waals surface area (Å²) in [5, 5.41) is 11.8. The molecular formula is C25H22F3N3O2. The highest BCUT2D eigenvalue weighted by atomic mass is 19.4. The first-order valence-corrected chi connectivity index (χ1v) is 10.5. The van der Waals surface area contributed by atoms with E-state index in [2.05, 4.69) is 15.0 Å². The third-order valence-corrected chi connectivity index (χ3v) is 6.47. The molecule has 0 amide bonds. The van der Waals surface area contributed by atoms with Crippen LogP contribution in [0.4, 0.5) is 13.2 Å². The van der Waals surface area contributed by atoms with Crippen LogP contribution in [0.3, 0.4) is 0 Å². The highest BCUT2D eigenvalue weighted by Gasteiger charge is 2.59. The molecule has 170 valence electrons. The predicted octanol–water partition coefficient (Wildman–Crippen LogP) is 5.47. The van der Waals surface area contributed by atoms with Crippen molar-refractivity contribution in [2.75, 3.05) is 0 Å². The number of fused-ring (bicyclic) bond motifs is 2. The van der Waals surface area contributed by atoms with Gasteiger partial charge in [0.25, 0.3) is 0 Å². The number of pyridine rings is 2. The second-order valence-electron chi connectivity index (χ2n) is 8.82. The lowest BCUT2D eigenvalue weighted by atomic mass is 9.76. The zero-order valence-electron chi connectivity index (χ0n) is 18.1.